The Morgan fingerprint density at radius 2 is 1.61 bits per heavy atom. The van der Waals surface area contributed by atoms with Gasteiger partial charge in [-0.3, -0.25) is 4.79 Å². The highest BCUT2D eigenvalue weighted by atomic mass is 16.2. The van der Waals surface area contributed by atoms with Crippen molar-refractivity contribution in [3.8, 4) is 11.1 Å². The fourth-order valence-corrected chi connectivity index (χ4v) is 4.10. The first-order valence-corrected chi connectivity index (χ1v) is 8.78. The van der Waals surface area contributed by atoms with Crippen molar-refractivity contribution in [2.45, 2.75) is 38.0 Å². The van der Waals surface area contributed by atoms with E-state index in [-0.39, 0.29) is 0 Å². The first-order valence-electron chi connectivity index (χ1n) is 8.78. The van der Waals surface area contributed by atoms with Crippen molar-refractivity contribution >= 4 is 5.91 Å². The Morgan fingerprint density at radius 3 is 2.43 bits per heavy atom. The minimum absolute atomic E-state index is 0.315. The second-order valence-electron chi connectivity index (χ2n) is 6.79. The Labute approximate surface area is 138 Å². The lowest BCUT2D eigenvalue weighted by atomic mass is 9.77. The van der Waals surface area contributed by atoms with Crippen molar-refractivity contribution in [3.63, 3.8) is 0 Å². The van der Waals surface area contributed by atoms with E-state index in [0.29, 0.717) is 18.2 Å². The Balaban J connectivity index is 1.61. The number of rotatable bonds is 2. The number of hydrogen-bond acceptors (Lipinski definition) is 1. The van der Waals surface area contributed by atoms with Gasteiger partial charge in [0, 0.05) is 19.5 Å². The van der Waals surface area contributed by atoms with E-state index in [1.165, 1.54) is 28.7 Å². The van der Waals surface area contributed by atoms with Gasteiger partial charge in [-0.25, -0.2) is 0 Å². The Bertz CT molecular complexity index is 715. The summed E-state index contributed by atoms with van der Waals surface area (Å²) in [6.45, 7) is 1.90. The van der Waals surface area contributed by atoms with Gasteiger partial charge >= 0.3 is 0 Å². The predicted molar refractivity (Wildman–Crippen MR) is 93.4 cm³/mol. The average Bonchev–Trinajstić information content (AvgIpc) is 2.62. The normalized spacial score (nSPS) is 19.8. The van der Waals surface area contributed by atoms with Crippen LogP contribution in [-0.2, 0) is 11.2 Å². The highest BCUT2D eigenvalue weighted by molar-refractivity contribution is 5.80. The molecule has 2 aliphatic rings. The summed E-state index contributed by atoms with van der Waals surface area (Å²) in [5, 5.41) is 0. The van der Waals surface area contributed by atoms with Gasteiger partial charge in [0.1, 0.15) is 0 Å². The Kier molecular flexibility index (Phi) is 3.90. The van der Waals surface area contributed by atoms with Crippen molar-refractivity contribution in [2.75, 3.05) is 13.1 Å². The molecule has 1 aliphatic carbocycles. The van der Waals surface area contributed by atoms with Crippen LogP contribution in [-0.4, -0.2) is 23.9 Å². The lowest BCUT2D eigenvalue weighted by Gasteiger charge is -2.31. The zero-order valence-electron chi connectivity index (χ0n) is 13.5. The summed E-state index contributed by atoms with van der Waals surface area (Å²) in [6.07, 6.45) is 5.22. The van der Waals surface area contributed by atoms with Crippen LogP contribution in [0.4, 0.5) is 0 Å². The fourth-order valence-electron chi connectivity index (χ4n) is 4.10. The molecule has 0 radical (unpaired) electrons. The number of fused-ring (bicyclic) bond motifs is 3. The van der Waals surface area contributed by atoms with Gasteiger partial charge in [0.15, 0.2) is 0 Å². The molecule has 0 spiro atoms. The second kappa shape index (κ2) is 6.19. The van der Waals surface area contributed by atoms with Crippen LogP contribution >= 0.6 is 0 Å². The maximum absolute atomic E-state index is 12.7. The van der Waals surface area contributed by atoms with Gasteiger partial charge in [0.2, 0.25) is 5.91 Å². The third-order valence-corrected chi connectivity index (χ3v) is 5.30. The van der Waals surface area contributed by atoms with Crippen molar-refractivity contribution in [1.82, 2.24) is 4.90 Å². The zero-order valence-corrected chi connectivity index (χ0v) is 13.5. The van der Waals surface area contributed by atoms with Crippen LogP contribution in [0.15, 0.2) is 48.5 Å². The topological polar surface area (TPSA) is 20.3 Å². The first kappa shape index (κ1) is 14.5. The molecule has 0 N–H and O–H groups in total. The van der Waals surface area contributed by atoms with Gasteiger partial charge in [-0.2, -0.15) is 0 Å². The van der Waals surface area contributed by atoms with Gasteiger partial charge in [-0.1, -0.05) is 48.5 Å². The summed E-state index contributed by atoms with van der Waals surface area (Å²) < 4.78 is 0. The molecule has 118 valence electrons. The van der Waals surface area contributed by atoms with Crippen LogP contribution in [0, 0.1) is 0 Å². The summed E-state index contributed by atoms with van der Waals surface area (Å²) in [4.78, 5) is 14.8. The highest BCUT2D eigenvalue weighted by Crippen LogP contribution is 2.41. The SMILES string of the molecule is O=C(CC1Cc2ccccc2-c2ccccc21)N1CCCCC1. The molecule has 0 saturated carbocycles. The maximum atomic E-state index is 12.7. The van der Waals surface area contributed by atoms with E-state index in [2.05, 4.69) is 53.4 Å². The van der Waals surface area contributed by atoms with Crippen molar-refractivity contribution in [3.05, 3.63) is 59.7 Å². The molecule has 0 aromatic heterocycles. The molecule has 1 amide bonds. The molecule has 2 aromatic rings. The number of hydrogen-bond donors (Lipinski definition) is 0. The fraction of sp³-hybridized carbons (Fsp3) is 0.381. The predicted octanol–water partition coefficient (Wildman–Crippen LogP) is 4.40. The van der Waals surface area contributed by atoms with Crippen LogP contribution in [0.25, 0.3) is 11.1 Å². The van der Waals surface area contributed by atoms with Crippen LogP contribution < -0.4 is 0 Å². The summed E-state index contributed by atoms with van der Waals surface area (Å²) in [6, 6.07) is 17.2. The van der Waals surface area contributed by atoms with E-state index in [1.807, 2.05) is 0 Å². The lowest BCUT2D eigenvalue weighted by Crippen LogP contribution is -2.36. The molecule has 2 nitrogen and oxygen atoms in total. The van der Waals surface area contributed by atoms with E-state index >= 15 is 0 Å². The third kappa shape index (κ3) is 2.78. The molecule has 4 rings (SSSR count). The largest absolute Gasteiger partial charge is 0.343 e. The monoisotopic (exact) mass is 305 g/mol. The zero-order chi connectivity index (χ0) is 15.6. The molecule has 1 unspecified atom stereocenters. The van der Waals surface area contributed by atoms with E-state index in [1.54, 1.807) is 0 Å². The van der Waals surface area contributed by atoms with Crippen LogP contribution in [0.1, 0.15) is 42.7 Å². The smallest absolute Gasteiger partial charge is 0.223 e. The molecule has 1 saturated heterocycles. The van der Waals surface area contributed by atoms with Gasteiger partial charge in [0.25, 0.3) is 0 Å². The van der Waals surface area contributed by atoms with Crippen LogP contribution in [0.2, 0.25) is 0 Å². The van der Waals surface area contributed by atoms with Crippen molar-refractivity contribution < 1.29 is 4.79 Å². The molecule has 1 aliphatic heterocycles. The number of piperidine rings is 1. The van der Waals surface area contributed by atoms with Crippen molar-refractivity contribution in [2.24, 2.45) is 0 Å². The molecular formula is C21H23NO. The minimum atomic E-state index is 0.315. The molecule has 23 heavy (non-hydrogen) atoms. The van der Waals surface area contributed by atoms with Crippen LogP contribution in [0.5, 0.6) is 0 Å². The number of nitrogens with zero attached hydrogens (tertiary/aromatic N) is 1. The molecule has 2 aromatic carbocycles. The van der Waals surface area contributed by atoms with Gasteiger partial charge in [-0.05, 0) is 53.9 Å². The number of carbonyl (C=O) groups is 1. The van der Waals surface area contributed by atoms with E-state index < -0.39 is 0 Å². The second-order valence-corrected chi connectivity index (χ2v) is 6.79. The molecule has 0 bridgehead atoms. The van der Waals surface area contributed by atoms with E-state index in [0.717, 1.165) is 32.4 Å². The maximum Gasteiger partial charge on any atom is 0.223 e. The third-order valence-electron chi connectivity index (χ3n) is 5.30. The molecule has 1 heterocycles. The van der Waals surface area contributed by atoms with Crippen LogP contribution in [0.3, 0.4) is 0 Å². The molecule has 1 atom stereocenters. The van der Waals surface area contributed by atoms with Gasteiger partial charge in [0.05, 0.1) is 0 Å². The quantitative estimate of drug-likeness (QED) is 0.805. The summed E-state index contributed by atoms with van der Waals surface area (Å²) in [5.74, 6) is 0.652. The highest BCUT2D eigenvalue weighted by Gasteiger charge is 2.28. The molecule has 2 heteroatoms. The number of benzene rings is 2. The number of amides is 1. The van der Waals surface area contributed by atoms with Crippen molar-refractivity contribution in [1.29, 1.82) is 0 Å². The molecular weight excluding hydrogens is 282 g/mol. The standard InChI is InChI=1S/C21H23NO/c23-21(22-12-6-1-7-13-22)15-17-14-16-8-2-3-9-18(16)20-11-5-4-10-19(17)20/h2-5,8-11,17H,1,6-7,12-15H2. The first-order chi connectivity index (χ1) is 11.3. The van der Waals surface area contributed by atoms with Gasteiger partial charge in [-0.15, -0.1) is 0 Å². The average molecular weight is 305 g/mol. The minimum Gasteiger partial charge on any atom is -0.343 e. The number of likely N-dealkylation sites (tertiary alicyclic amines) is 1. The summed E-state index contributed by atoms with van der Waals surface area (Å²) in [7, 11) is 0. The van der Waals surface area contributed by atoms with Gasteiger partial charge < -0.3 is 4.90 Å². The van der Waals surface area contributed by atoms with E-state index in [4.69, 9.17) is 0 Å². The molecule has 1 fully saturated rings. The lowest BCUT2D eigenvalue weighted by molar-refractivity contribution is -0.132. The Morgan fingerprint density at radius 1 is 0.913 bits per heavy atom. The number of carbonyl (C=O) groups excluding carboxylic acids is 1. The summed E-state index contributed by atoms with van der Waals surface area (Å²) in [5.41, 5.74) is 5.37. The van der Waals surface area contributed by atoms with E-state index in [9.17, 15) is 4.79 Å². The Hall–Kier alpha value is -2.09. The summed E-state index contributed by atoms with van der Waals surface area (Å²) >= 11 is 0.